The Morgan fingerprint density at radius 1 is 1.44 bits per heavy atom. The van der Waals surface area contributed by atoms with Gasteiger partial charge in [-0.05, 0) is 6.42 Å². The molecule has 1 saturated heterocycles. The van der Waals surface area contributed by atoms with Crippen molar-refractivity contribution in [1.29, 1.82) is 0 Å². The van der Waals surface area contributed by atoms with E-state index in [0.29, 0.717) is 48.6 Å². The number of Topliss-reactive ketones (excluding diaryl/α,β-unsaturated/α-hetero) is 1. The number of aromatic nitrogens is 2. The van der Waals surface area contributed by atoms with Crippen LogP contribution in [-0.4, -0.2) is 33.6 Å². The summed E-state index contributed by atoms with van der Waals surface area (Å²) in [6.07, 6.45) is 4.26. The van der Waals surface area contributed by atoms with Crippen molar-refractivity contribution >= 4 is 17.6 Å². The molecule has 0 radical (unpaired) electrons. The molecule has 3 aliphatic heterocycles. The van der Waals surface area contributed by atoms with Crippen LogP contribution in [0.2, 0.25) is 0 Å². The molecular formula is C19H18FN3O4. The highest BCUT2D eigenvalue weighted by atomic mass is 19.1. The quantitative estimate of drug-likeness (QED) is 0.826. The summed E-state index contributed by atoms with van der Waals surface area (Å²) in [5.74, 6) is 0.761. The van der Waals surface area contributed by atoms with Crippen molar-refractivity contribution in [3.63, 3.8) is 0 Å². The number of fused-ring (bicyclic) bond motifs is 7. The molecule has 1 fully saturated rings. The maximum atomic E-state index is 14.9. The van der Waals surface area contributed by atoms with Crippen molar-refractivity contribution in [3.8, 4) is 11.4 Å². The number of rotatable bonds is 4. The molecule has 0 saturated carbocycles. The van der Waals surface area contributed by atoms with Crippen molar-refractivity contribution in [2.45, 2.75) is 51.4 Å². The normalized spacial score (nSPS) is 21.9. The lowest BCUT2D eigenvalue weighted by Gasteiger charge is -2.23. The molecule has 8 heteroatoms. The Bertz CT molecular complexity index is 970. The third-order valence-electron chi connectivity index (χ3n) is 5.58. The predicted molar refractivity (Wildman–Crippen MR) is 92.6 cm³/mol. The number of halogens is 1. The van der Waals surface area contributed by atoms with Crippen LogP contribution in [-0.2, 0) is 22.6 Å². The second-order valence-corrected chi connectivity index (χ2v) is 7.03. The molecule has 0 bridgehead atoms. The molecule has 0 N–H and O–H groups in total. The SMILES string of the molecule is CCC(=O)CC[C@@H]1OC(=O)N2c3cc(F)c4c(c3C[C@@H]12)OCc1nccn1-4. The van der Waals surface area contributed by atoms with Crippen LogP contribution in [0.25, 0.3) is 5.69 Å². The zero-order valence-corrected chi connectivity index (χ0v) is 14.8. The molecule has 4 heterocycles. The van der Waals surface area contributed by atoms with E-state index in [2.05, 4.69) is 4.98 Å². The van der Waals surface area contributed by atoms with E-state index in [1.165, 1.54) is 11.0 Å². The summed E-state index contributed by atoms with van der Waals surface area (Å²) in [7, 11) is 0. The lowest BCUT2D eigenvalue weighted by Crippen LogP contribution is -2.33. The average Bonchev–Trinajstić information content (AvgIpc) is 3.35. The summed E-state index contributed by atoms with van der Waals surface area (Å²) in [6, 6.07) is 1.13. The number of nitrogens with zero attached hydrogens (tertiary/aromatic N) is 3. The van der Waals surface area contributed by atoms with E-state index in [1.807, 2.05) is 6.92 Å². The first-order chi connectivity index (χ1) is 13.1. The number of carbonyl (C=O) groups excluding carboxylic acids is 2. The van der Waals surface area contributed by atoms with Crippen LogP contribution in [0.1, 0.15) is 37.6 Å². The Morgan fingerprint density at radius 2 is 2.30 bits per heavy atom. The smallest absolute Gasteiger partial charge is 0.415 e. The summed E-state index contributed by atoms with van der Waals surface area (Å²) >= 11 is 0. The fourth-order valence-electron chi connectivity index (χ4n) is 4.22. The van der Waals surface area contributed by atoms with Gasteiger partial charge in [0.25, 0.3) is 0 Å². The number of imidazole rings is 1. The molecule has 5 rings (SSSR count). The van der Waals surface area contributed by atoms with Gasteiger partial charge in [-0.1, -0.05) is 6.92 Å². The highest BCUT2D eigenvalue weighted by Gasteiger charge is 2.49. The Hall–Kier alpha value is -2.90. The molecule has 3 aliphatic rings. The first-order valence-corrected chi connectivity index (χ1v) is 9.10. The minimum absolute atomic E-state index is 0.138. The molecule has 0 unspecified atom stereocenters. The van der Waals surface area contributed by atoms with Crippen molar-refractivity contribution < 1.29 is 23.5 Å². The van der Waals surface area contributed by atoms with Crippen LogP contribution in [0.4, 0.5) is 14.9 Å². The van der Waals surface area contributed by atoms with Gasteiger partial charge >= 0.3 is 6.09 Å². The second-order valence-electron chi connectivity index (χ2n) is 7.03. The predicted octanol–water partition coefficient (Wildman–Crippen LogP) is 2.91. The van der Waals surface area contributed by atoms with Gasteiger partial charge in [0.15, 0.2) is 17.4 Å². The fraction of sp³-hybridized carbons (Fsp3) is 0.421. The molecule has 0 aliphatic carbocycles. The summed E-state index contributed by atoms with van der Waals surface area (Å²) < 4.78 is 27.9. The maximum absolute atomic E-state index is 14.9. The lowest BCUT2D eigenvalue weighted by atomic mass is 9.99. The van der Waals surface area contributed by atoms with Gasteiger partial charge in [-0.15, -0.1) is 0 Å². The average molecular weight is 371 g/mol. The number of amides is 1. The number of anilines is 1. The van der Waals surface area contributed by atoms with Gasteiger partial charge < -0.3 is 9.47 Å². The number of hydrogen-bond donors (Lipinski definition) is 0. The minimum Gasteiger partial charge on any atom is -0.483 e. The number of benzene rings is 1. The molecule has 1 aromatic carbocycles. The number of carbonyl (C=O) groups is 2. The summed E-state index contributed by atoms with van der Waals surface area (Å²) in [5, 5.41) is 0. The number of ether oxygens (including phenoxy) is 2. The number of cyclic esters (lactones) is 1. The molecule has 1 aromatic heterocycles. The largest absolute Gasteiger partial charge is 0.483 e. The Kier molecular flexibility index (Phi) is 3.50. The molecule has 1 amide bonds. The van der Waals surface area contributed by atoms with Crippen molar-refractivity contribution in [2.75, 3.05) is 4.90 Å². The molecule has 7 nitrogen and oxygen atoms in total. The fourth-order valence-corrected chi connectivity index (χ4v) is 4.22. The zero-order valence-electron chi connectivity index (χ0n) is 14.8. The van der Waals surface area contributed by atoms with Gasteiger partial charge in [0.1, 0.15) is 24.2 Å². The Labute approximate surface area is 154 Å². The summed E-state index contributed by atoms with van der Waals surface area (Å²) in [6.45, 7) is 2.07. The number of ketones is 1. The van der Waals surface area contributed by atoms with Crippen molar-refractivity contribution in [2.24, 2.45) is 0 Å². The van der Waals surface area contributed by atoms with E-state index in [0.717, 1.165) is 5.56 Å². The highest BCUT2D eigenvalue weighted by molar-refractivity contribution is 5.95. The highest BCUT2D eigenvalue weighted by Crippen LogP contribution is 2.48. The van der Waals surface area contributed by atoms with E-state index >= 15 is 0 Å². The first-order valence-electron chi connectivity index (χ1n) is 9.10. The van der Waals surface area contributed by atoms with Crippen molar-refractivity contribution in [1.82, 2.24) is 9.55 Å². The van der Waals surface area contributed by atoms with E-state index in [-0.39, 0.29) is 24.5 Å². The van der Waals surface area contributed by atoms with Gasteiger partial charge in [0, 0.05) is 43.3 Å². The number of hydrogen-bond acceptors (Lipinski definition) is 5. The lowest BCUT2D eigenvalue weighted by molar-refractivity contribution is -0.119. The van der Waals surface area contributed by atoms with Crippen LogP contribution in [0.15, 0.2) is 18.5 Å². The van der Waals surface area contributed by atoms with E-state index in [9.17, 15) is 14.0 Å². The van der Waals surface area contributed by atoms with Gasteiger partial charge in [-0.25, -0.2) is 14.2 Å². The molecular weight excluding hydrogens is 353 g/mol. The van der Waals surface area contributed by atoms with Crippen LogP contribution < -0.4 is 9.64 Å². The Morgan fingerprint density at radius 3 is 3.11 bits per heavy atom. The van der Waals surface area contributed by atoms with Crippen LogP contribution in [0.3, 0.4) is 0 Å². The van der Waals surface area contributed by atoms with Gasteiger partial charge in [0.05, 0.1) is 11.7 Å². The standard InChI is InChI=1S/C19H18FN3O4/c1-2-10(24)3-4-15-14-7-11-13(23(14)19(25)27-15)8-12(20)17-18(11)26-9-16-21-5-6-22(16)17/h5-6,8,14-15H,2-4,7,9H2,1H3/t14-,15-/m0/s1. The maximum Gasteiger partial charge on any atom is 0.415 e. The third-order valence-corrected chi connectivity index (χ3v) is 5.58. The van der Waals surface area contributed by atoms with E-state index in [4.69, 9.17) is 9.47 Å². The van der Waals surface area contributed by atoms with Gasteiger partial charge in [-0.2, -0.15) is 0 Å². The Balaban J connectivity index is 1.53. The van der Waals surface area contributed by atoms with Crippen LogP contribution >= 0.6 is 0 Å². The molecule has 2 aromatic rings. The monoisotopic (exact) mass is 371 g/mol. The summed E-state index contributed by atoms with van der Waals surface area (Å²) in [5.41, 5.74) is 1.63. The van der Waals surface area contributed by atoms with Crippen LogP contribution in [0, 0.1) is 5.82 Å². The first kappa shape index (κ1) is 16.3. The molecule has 140 valence electrons. The summed E-state index contributed by atoms with van der Waals surface area (Å²) in [4.78, 5) is 29.8. The zero-order chi connectivity index (χ0) is 18.7. The molecule has 2 atom stereocenters. The van der Waals surface area contributed by atoms with Crippen molar-refractivity contribution in [3.05, 3.63) is 35.7 Å². The van der Waals surface area contributed by atoms with E-state index < -0.39 is 11.9 Å². The second kappa shape index (κ2) is 5.80. The molecule has 27 heavy (non-hydrogen) atoms. The molecule has 0 spiro atoms. The van der Waals surface area contributed by atoms with E-state index in [1.54, 1.807) is 17.0 Å². The van der Waals surface area contributed by atoms with Gasteiger partial charge in [0.2, 0.25) is 0 Å². The van der Waals surface area contributed by atoms with Crippen LogP contribution in [0.5, 0.6) is 5.75 Å². The minimum atomic E-state index is -0.494. The topological polar surface area (TPSA) is 73.7 Å². The third kappa shape index (κ3) is 2.28. The van der Waals surface area contributed by atoms with Gasteiger partial charge in [-0.3, -0.25) is 14.3 Å².